The number of hydrogen-bond acceptors (Lipinski definition) is 4. The number of aromatic nitrogens is 2. The summed E-state index contributed by atoms with van der Waals surface area (Å²) in [7, 11) is -1.65. The molecule has 1 aromatic rings. The van der Waals surface area contributed by atoms with Crippen LogP contribution in [0, 0.1) is 5.92 Å². The van der Waals surface area contributed by atoms with E-state index in [4.69, 9.17) is 0 Å². The molecule has 7 heteroatoms. The average molecular weight is 314 g/mol. The molecule has 0 bridgehead atoms. The van der Waals surface area contributed by atoms with Gasteiger partial charge >= 0.3 is 0 Å². The van der Waals surface area contributed by atoms with Crippen LogP contribution in [0.3, 0.4) is 0 Å². The SMILES string of the molecule is CCCNC(C)C1CCN(S(=O)(=O)c2cnn(C)c2)CC1. The summed E-state index contributed by atoms with van der Waals surface area (Å²) in [5.41, 5.74) is 0. The highest BCUT2D eigenvalue weighted by atomic mass is 32.2. The molecule has 1 aliphatic heterocycles. The second-order valence-corrected chi connectivity index (χ2v) is 7.77. The Morgan fingerprint density at radius 2 is 2.10 bits per heavy atom. The number of hydrogen-bond donors (Lipinski definition) is 1. The van der Waals surface area contributed by atoms with Gasteiger partial charge in [-0.25, -0.2) is 8.42 Å². The monoisotopic (exact) mass is 314 g/mol. The van der Waals surface area contributed by atoms with Crippen molar-refractivity contribution in [2.45, 2.75) is 44.0 Å². The Balaban J connectivity index is 1.94. The van der Waals surface area contributed by atoms with E-state index in [2.05, 4.69) is 24.3 Å². The highest BCUT2D eigenvalue weighted by Gasteiger charge is 2.31. The lowest BCUT2D eigenvalue weighted by molar-refractivity contribution is 0.231. The minimum absolute atomic E-state index is 0.292. The predicted molar refractivity (Wildman–Crippen MR) is 82.4 cm³/mol. The maximum absolute atomic E-state index is 12.5. The molecule has 0 radical (unpaired) electrons. The van der Waals surface area contributed by atoms with Gasteiger partial charge in [-0.3, -0.25) is 4.68 Å². The summed E-state index contributed by atoms with van der Waals surface area (Å²) in [6, 6.07) is 0.452. The van der Waals surface area contributed by atoms with Gasteiger partial charge in [0, 0.05) is 32.4 Å². The van der Waals surface area contributed by atoms with Gasteiger partial charge in [0.05, 0.1) is 6.20 Å². The second-order valence-electron chi connectivity index (χ2n) is 5.83. The molecule has 1 unspecified atom stereocenters. The summed E-state index contributed by atoms with van der Waals surface area (Å²) in [6.45, 7) is 6.57. The van der Waals surface area contributed by atoms with Crippen LogP contribution in [0.4, 0.5) is 0 Å². The molecule has 1 fully saturated rings. The van der Waals surface area contributed by atoms with Crippen molar-refractivity contribution in [3.05, 3.63) is 12.4 Å². The maximum Gasteiger partial charge on any atom is 0.246 e. The Morgan fingerprint density at radius 1 is 1.43 bits per heavy atom. The molecule has 0 saturated carbocycles. The fourth-order valence-electron chi connectivity index (χ4n) is 2.84. The predicted octanol–water partition coefficient (Wildman–Crippen LogP) is 1.21. The van der Waals surface area contributed by atoms with Crippen LogP contribution in [0.1, 0.15) is 33.1 Å². The zero-order chi connectivity index (χ0) is 15.5. The van der Waals surface area contributed by atoms with E-state index in [1.165, 1.54) is 10.9 Å². The van der Waals surface area contributed by atoms with E-state index in [9.17, 15) is 8.42 Å². The van der Waals surface area contributed by atoms with Gasteiger partial charge in [0.25, 0.3) is 0 Å². The summed E-state index contributed by atoms with van der Waals surface area (Å²) in [5.74, 6) is 0.553. The molecule has 0 amide bonds. The Kier molecular flexibility index (Phi) is 5.40. The first-order chi connectivity index (χ1) is 9.95. The number of rotatable bonds is 6. The highest BCUT2D eigenvalue weighted by molar-refractivity contribution is 7.89. The molecule has 120 valence electrons. The van der Waals surface area contributed by atoms with Gasteiger partial charge in [-0.15, -0.1) is 0 Å². The van der Waals surface area contributed by atoms with Crippen LogP contribution >= 0.6 is 0 Å². The number of aryl methyl sites for hydroxylation is 1. The van der Waals surface area contributed by atoms with Gasteiger partial charge in [-0.2, -0.15) is 9.40 Å². The van der Waals surface area contributed by atoms with Crippen molar-refractivity contribution in [2.24, 2.45) is 13.0 Å². The summed E-state index contributed by atoms with van der Waals surface area (Å²) in [4.78, 5) is 0.292. The minimum Gasteiger partial charge on any atom is -0.314 e. The Labute approximate surface area is 127 Å². The summed E-state index contributed by atoms with van der Waals surface area (Å²) in [6.07, 6.45) is 5.94. The van der Waals surface area contributed by atoms with Gasteiger partial charge in [0.15, 0.2) is 0 Å². The van der Waals surface area contributed by atoms with Crippen LogP contribution in [-0.2, 0) is 17.1 Å². The molecule has 0 spiro atoms. The van der Waals surface area contributed by atoms with Crippen molar-refractivity contribution in [2.75, 3.05) is 19.6 Å². The molecule has 1 atom stereocenters. The van der Waals surface area contributed by atoms with Crippen LogP contribution in [0.5, 0.6) is 0 Å². The van der Waals surface area contributed by atoms with Gasteiger partial charge in [0.1, 0.15) is 4.90 Å². The van der Waals surface area contributed by atoms with E-state index in [0.29, 0.717) is 29.9 Å². The van der Waals surface area contributed by atoms with Gasteiger partial charge in [-0.05, 0) is 38.6 Å². The van der Waals surface area contributed by atoms with Gasteiger partial charge in [0.2, 0.25) is 10.0 Å². The van der Waals surface area contributed by atoms with Crippen LogP contribution in [-0.4, -0.2) is 48.2 Å². The molecule has 0 aromatic carbocycles. The molecule has 2 heterocycles. The maximum atomic E-state index is 12.5. The van der Waals surface area contributed by atoms with Crippen LogP contribution in [0.25, 0.3) is 0 Å². The van der Waals surface area contributed by atoms with E-state index in [1.807, 2.05) is 0 Å². The van der Waals surface area contributed by atoms with Crippen molar-refractivity contribution in [1.29, 1.82) is 0 Å². The number of piperidine rings is 1. The smallest absolute Gasteiger partial charge is 0.246 e. The lowest BCUT2D eigenvalue weighted by Gasteiger charge is -2.34. The summed E-state index contributed by atoms with van der Waals surface area (Å²) in [5, 5.41) is 7.46. The van der Waals surface area contributed by atoms with Crippen molar-refractivity contribution >= 4 is 10.0 Å². The molecule has 21 heavy (non-hydrogen) atoms. The Morgan fingerprint density at radius 3 is 2.62 bits per heavy atom. The molecular formula is C14H26N4O2S. The summed E-state index contributed by atoms with van der Waals surface area (Å²) >= 11 is 0. The lowest BCUT2D eigenvalue weighted by atomic mass is 9.91. The third-order valence-corrected chi connectivity index (χ3v) is 6.09. The number of sulfonamides is 1. The van der Waals surface area contributed by atoms with Crippen LogP contribution in [0.2, 0.25) is 0 Å². The fourth-order valence-corrected chi connectivity index (χ4v) is 4.29. The Hall–Kier alpha value is -0.920. The van der Waals surface area contributed by atoms with Gasteiger partial charge in [-0.1, -0.05) is 6.92 Å². The third-order valence-electron chi connectivity index (χ3n) is 4.24. The van der Waals surface area contributed by atoms with Crippen molar-refractivity contribution in [3.63, 3.8) is 0 Å². The first kappa shape index (κ1) is 16.5. The first-order valence-corrected chi connectivity index (χ1v) is 9.11. The zero-order valence-electron chi connectivity index (χ0n) is 13.1. The molecule has 1 N–H and O–H groups in total. The number of nitrogens with zero attached hydrogens (tertiary/aromatic N) is 3. The van der Waals surface area contributed by atoms with E-state index in [-0.39, 0.29) is 0 Å². The summed E-state index contributed by atoms with van der Waals surface area (Å²) < 4.78 is 28.1. The molecule has 1 aliphatic rings. The normalized spacial score (nSPS) is 19.8. The largest absolute Gasteiger partial charge is 0.314 e. The standard InChI is InChI=1S/C14H26N4O2S/c1-4-7-15-12(2)13-5-8-18(9-6-13)21(19,20)14-10-16-17(3)11-14/h10-13,15H,4-9H2,1-3H3. The second kappa shape index (κ2) is 6.89. The van der Waals surface area contributed by atoms with E-state index >= 15 is 0 Å². The third kappa shape index (κ3) is 3.84. The van der Waals surface area contributed by atoms with Crippen LogP contribution in [0.15, 0.2) is 17.3 Å². The highest BCUT2D eigenvalue weighted by Crippen LogP contribution is 2.25. The molecule has 2 rings (SSSR count). The van der Waals surface area contributed by atoms with Crippen LogP contribution < -0.4 is 5.32 Å². The molecule has 1 saturated heterocycles. The van der Waals surface area contributed by atoms with E-state index < -0.39 is 10.0 Å². The lowest BCUT2D eigenvalue weighted by Crippen LogP contribution is -2.44. The van der Waals surface area contributed by atoms with E-state index in [1.54, 1.807) is 17.5 Å². The quantitative estimate of drug-likeness (QED) is 0.857. The Bertz CT molecular complexity index is 547. The average Bonchev–Trinajstić information content (AvgIpc) is 2.92. The van der Waals surface area contributed by atoms with Gasteiger partial charge < -0.3 is 5.32 Å². The molecule has 6 nitrogen and oxygen atoms in total. The van der Waals surface area contributed by atoms with E-state index in [0.717, 1.165) is 25.8 Å². The zero-order valence-corrected chi connectivity index (χ0v) is 13.9. The topological polar surface area (TPSA) is 67.2 Å². The first-order valence-electron chi connectivity index (χ1n) is 7.67. The number of nitrogens with one attached hydrogen (secondary N) is 1. The molecule has 0 aliphatic carbocycles. The molecular weight excluding hydrogens is 288 g/mol. The minimum atomic E-state index is -3.38. The van der Waals surface area contributed by atoms with Crippen molar-refractivity contribution in [3.8, 4) is 0 Å². The fraction of sp³-hybridized carbons (Fsp3) is 0.786. The van der Waals surface area contributed by atoms with Crippen molar-refractivity contribution in [1.82, 2.24) is 19.4 Å². The van der Waals surface area contributed by atoms with Crippen molar-refractivity contribution < 1.29 is 8.42 Å². The molecule has 1 aromatic heterocycles.